The van der Waals surface area contributed by atoms with Crippen molar-refractivity contribution in [2.24, 2.45) is 9.98 Å². The van der Waals surface area contributed by atoms with Gasteiger partial charge in [-0.15, -0.1) is 11.3 Å². The fraction of sp³-hybridized carbons (Fsp3) is 0.0196. The first-order valence-electron chi connectivity index (χ1n) is 19.2. The van der Waals surface area contributed by atoms with E-state index in [4.69, 9.17) is 14.4 Å². The molecule has 0 saturated heterocycles. The number of nitrogens with zero attached hydrogens (tertiary/aromatic N) is 3. The summed E-state index contributed by atoms with van der Waals surface area (Å²) < 4.78 is 11.3. The number of amidine groups is 2. The van der Waals surface area contributed by atoms with Crippen LogP contribution >= 0.6 is 11.3 Å². The molecule has 0 aliphatic carbocycles. The molecule has 4 heterocycles. The topological polar surface area (TPSA) is 54.8 Å². The molecule has 0 bridgehead atoms. The zero-order valence-electron chi connectivity index (χ0n) is 30.6. The van der Waals surface area contributed by atoms with E-state index in [1.807, 2.05) is 35.6 Å². The van der Waals surface area contributed by atoms with E-state index in [1.165, 1.54) is 53.1 Å². The third-order valence-corrected chi connectivity index (χ3v) is 12.5. The minimum Gasteiger partial charge on any atom is -0.455 e. The van der Waals surface area contributed by atoms with Gasteiger partial charge in [-0.1, -0.05) is 140 Å². The molecule has 1 aliphatic rings. The van der Waals surface area contributed by atoms with Crippen LogP contribution in [0.4, 0.5) is 0 Å². The molecule has 6 heteroatoms. The average molecular weight is 749 g/mol. The number of fused-ring (bicyclic) bond motifs is 9. The summed E-state index contributed by atoms with van der Waals surface area (Å²) in [7, 11) is 0. The number of para-hydroxylation sites is 4. The number of benzene rings is 8. The SMILES string of the molecule is c1ccc(C2N=C(c3cccc4c3oc3ccccc34)N=C(c3ccc4c(c3)sc3c(-c5cccc6c5c5ccccc5n6-c5ccccc5)cccc34)N2)cc1. The smallest absolute Gasteiger partial charge is 0.163 e. The van der Waals surface area contributed by atoms with Gasteiger partial charge in [0.25, 0.3) is 0 Å². The van der Waals surface area contributed by atoms with Crippen molar-refractivity contribution in [3.8, 4) is 16.8 Å². The van der Waals surface area contributed by atoms with Crippen LogP contribution in [-0.2, 0) is 0 Å². The van der Waals surface area contributed by atoms with E-state index in [2.05, 4.69) is 168 Å². The molecule has 12 rings (SSSR count). The van der Waals surface area contributed by atoms with Crippen LogP contribution in [0.1, 0.15) is 22.9 Å². The number of rotatable bonds is 5. The molecule has 1 atom stereocenters. The number of aromatic nitrogens is 1. The molecule has 0 amide bonds. The Balaban J connectivity index is 1.02. The van der Waals surface area contributed by atoms with Crippen molar-refractivity contribution in [1.29, 1.82) is 0 Å². The number of hydrogen-bond donors (Lipinski definition) is 1. The van der Waals surface area contributed by atoms with E-state index in [0.717, 1.165) is 50.2 Å². The van der Waals surface area contributed by atoms with Crippen LogP contribution in [0.5, 0.6) is 0 Å². The van der Waals surface area contributed by atoms with Gasteiger partial charge in [0.2, 0.25) is 0 Å². The standard InChI is InChI=1S/C51H32N4OS/c1-3-14-31(15-4-1)49-52-50(54-51(53-49)41-24-11-21-37-34-18-8-10-27-44(34)56-47(37)41)32-28-29-35-38-22-12-23-39(48(38)57-45(35)30-32)36-20-13-26-43-46(36)40-19-7-9-25-42(40)55(43)33-16-5-2-6-17-33/h1-30,49H,(H,52,53,54). The lowest BCUT2D eigenvalue weighted by atomic mass is 9.97. The number of furan rings is 1. The number of nitrogens with one attached hydrogen (secondary N) is 1. The number of aliphatic imine (C=N–C) groups is 2. The summed E-state index contributed by atoms with van der Waals surface area (Å²) in [6, 6.07) is 64.4. The van der Waals surface area contributed by atoms with Gasteiger partial charge >= 0.3 is 0 Å². The maximum atomic E-state index is 6.46. The quantitative estimate of drug-likeness (QED) is 0.191. The molecule has 5 nitrogen and oxygen atoms in total. The van der Waals surface area contributed by atoms with Crippen molar-refractivity contribution >= 4 is 86.9 Å². The molecule has 268 valence electrons. The summed E-state index contributed by atoms with van der Waals surface area (Å²) in [6.07, 6.45) is -0.323. The molecule has 0 radical (unpaired) electrons. The Labute approximate surface area is 331 Å². The Morgan fingerprint density at radius 3 is 2.11 bits per heavy atom. The zero-order valence-corrected chi connectivity index (χ0v) is 31.4. The fourth-order valence-corrected chi connectivity index (χ4v) is 9.97. The van der Waals surface area contributed by atoms with Crippen LogP contribution in [0.25, 0.3) is 80.7 Å². The highest BCUT2D eigenvalue weighted by Gasteiger charge is 2.25. The summed E-state index contributed by atoms with van der Waals surface area (Å²) in [6.45, 7) is 0. The maximum absolute atomic E-state index is 6.46. The molecule has 3 aromatic heterocycles. The lowest BCUT2D eigenvalue weighted by Crippen LogP contribution is -2.33. The van der Waals surface area contributed by atoms with Gasteiger partial charge in [0, 0.05) is 58.5 Å². The Hall–Kier alpha value is -7.28. The predicted octanol–water partition coefficient (Wildman–Crippen LogP) is 13.2. The summed E-state index contributed by atoms with van der Waals surface area (Å²) >= 11 is 1.84. The van der Waals surface area contributed by atoms with Gasteiger partial charge in [-0.25, -0.2) is 9.98 Å². The first-order valence-corrected chi connectivity index (χ1v) is 20.0. The van der Waals surface area contributed by atoms with Crippen molar-refractivity contribution in [3.05, 3.63) is 199 Å². The summed E-state index contributed by atoms with van der Waals surface area (Å²) in [5.41, 5.74) is 10.6. The number of thiophene rings is 1. The highest BCUT2D eigenvalue weighted by Crippen LogP contribution is 2.45. The van der Waals surface area contributed by atoms with E-state index in [9.17, 15) is 0 Å². The van der Waals surface area contributed by atoms with Gasteiger partial charge < -0.3 is 14.3 Å². The fourth-order valence-electron chi connectivity index (χ4n) is 8.70. The summed E-state index contributed by atoms with van der Waals surface area (Å²) in [4.78, 5) is 10.4. The second-order valence-corrected chi connectivity index (χ2v) is 15.6. The molecule has 8 aromatic carbocycles. The van der Waals surface area contributed by atoms with Crippen molar-refractivity contribution in [1.82, 2.24) is 9.88 Å². The molecule has 1 aliphatic heterocycles. The van der Waals surface area contributed by atoms with Gasteiger partial charge in [-0.2, -0.15) is 0 Å². The molecule has 0 spiro atoms. The Morgan fingerprint density at radius 2 is 1.23 bits per heavy atom. The van der Waals surface area contributed by atoms with E-state index < -0.39 is 0 Å². The lowest BCUT2D eigenvalue weighted by molar-refractivity contribution is 0.663. The number of hydrogen-bond acceptors (Lipinski definition) is 5. The largest absolute Gasteiger partial charge is 0.455 e. The van der Waals surface area contributed by atoms with E-state index in [-0.39, 0.29) is 6.17 Å². The van der Waals surface area contributed by atoms with Crippen molar-refractivity contribution < 1.29 is 4.42 Å². The van der Waals surface area contributed by atoms with Crippen LogP contribution in [0.3, 0.4) is 0 Å². The third kappa shape index (κ3) is 5.01. The molecular weight excluding hydrogens is 717 g/mol. The third-order valence-electron chi connectivity index (χ3n) is 11.3. The Kier molecular flexibility index (Phi) is 7.09. The van der Waals surface area contributed by atoms with Gasteiger partial charge in [0.05, 0.1) is 16.6 Å². The molecular formula is C51H32N4OS. The second-order valence-electron chi connectivity index (χ2n) is 14.5. The molecule has 1 unspecified atom stereocenters. The van der Waals surface area contributed by atoms with Gasteiger partial charge in [0.1, 0.15) is 23.2 Å². The van der Waals surface area contributed by atoms with Crippen molar-refractivity contribution in [3.63, 3.8) is 0 Å². The Morgan fingerprint density at radius 1 is 0.544 bits per heavy atom. The summed E-state index contributed by atoms with van der Waals surface area (Å²) in [5.74, 6) is 1.42. The molecule has 0 saturated carbocycles. The molecule has 1 N–H and O–H groups in total. The normalized spacial score (nSPS) is 14.5. The Bertz CT molecular complexity index is 3450. The monoisotopic (exact) mass is 748 g/mol. The van der Waals surface area contributed by atoms with Crippen LogP contribution in [0, 0.1) is 0 Å². The van der Waals surface area contributed by atoms with Crippen LogP contribution in [0.2, 0.25) is 0 Å². The molecule has 11 aromatic rings. The summed E-state index contributed by atoms with van der Waals surface area (Å²) in [5, 5.41) is 10.8. The van der Waals surface area contributed by atoms with Gasteiger partial charge in [0.15, 0.2) is 5.84 Å². The molecule has 57 heavy (non-hydrogen) atoms. The van der Waals surface area contributed by atoms with E-state index in [0.29, 0.717) is 5.84 Å². The van der Waals surface area contributed by atoms with E-state index >= 15 is 0 Å². The highest BCUT2D eigenvalue weighted by molar-refractivity contribution is 7.26. The molecule has 0 fully saturated rings. The van der Waals surface area contributed by atoms with Gasteiger partial charge in [-0.3, -0.25) is 0 Å². The van der Waals surface area contributed by atoms with Crippen LogP contribution in [0.15, 0.2) is 196 Å². The predicted molar refractivity (Wildman–Crippen MR) is 238 cm³/mol. The van der Waals surface area contributed by atoms with Crippen molar-refractivity contribution in [2.75, 3.05) is 0 Å². The lowest BCUT2D eigenvalue weighted by Gasteiger charge is -2.23. The van der Waals surface area contributed by atoms with Crippen molar-refractivity contribution in [2.45, 2.75) is 6.17 Å². The zero-order chi connectivity index (χ0) is 37.5. The minimum absolute atomic E-state index is 0.323. The van der Waals surface area contributed by atoms with E-state index in [1.54, 1.807) is 0 Å². The first-order chi connectivity index (χ1) is 28.3. The highest BCUT2D eigenvalue weighted by atomic mass is 32.1. The van der Waals surface area contributed by atoms with Crippen LogP contribution < -0.4 is 5.32 Å². The average Bonchev–Trinajstić information content (AvgIpc) is 3.96. The minimum atomic E-state index is -0.323. The van der Waals surface area contributed by atoms with Gasteiger partial charge in [-0.05, 0) is 53.6 Å². The van der Waals surface area contributed by atoms with Crippen LogP contribution in [-0.4, -0.2) is 16.2 Å². The maximum Gasteiger partial charge on any atom is 0.163 e. The first kappa shape index (κ1) is 32.0. The second kappa shape index (κ2) is 12.6.